The van der Waals surface area contributed by atoms with E-state index in [4.69, 9.17) is 4.74 Å². The lowest BCUT2D eigenvalue weighted by molar-refractivity contribution is -0.132. The molecule has 0 aromatic heterocycles. The number of carbonyl (C=O) groups is 1. The van der Waals surface area contributed by atoms with Gasteiger partial charge in [0.15, 0.2) is 0 Å². The van der Waals surface area contributed by atoms with Crippen molar-refractivity contribution in [2.24, 2.45) is 5.10 Å². The lowest BCUT2D eigenvalue weighted by Crippen LogP contribution is -2.26. The third-order valence-electron chi connectivity index (χ3n) is 4.58. The number of para-hydroxylation sites is 1. The maximum atomic E-state index is 12.5. The van der Waals surface area contributed by atoms with Crippen molar-refractivity contribution >= 4 is 27.3 Å². The van der Waals surface area contributed by atoms with Crippen LogP contribution in [0, 0.1) is 0 Å². The minimum atomic E-state index is -3.44. The molecule has 154 valence electrons. The zero-order chi connectivity index (χ0) is 21.0. The normalized spacial score (nSPS) is 16.4. The highest BCUT2D eigenvalue weighted by molar-refractivity contribution is 7.92. The number of ether oxygens (including phenoxy) is 1. The third-order valence-corrected chi connectivity index (χ3v) is 5.17. The second kappa shape index (κ2) is 8.65. The summed E-state index contributed by atoms with van der Waals surface area (Å²) in [5.74, 6) is 0.680. The summed E-state index contributed by atoms with van der Waals surface area (Å²) >= 11 is 0. The quantitative estimate of drug-likeness (QED) is 0.749. The Labute approximate surface area is 171 Å². The van der Waals surface area contributed by atoms with Gasteiger partial charge in [-0.2, -0.15) is 5.10 Å². The van der Waals surface area contributed by atoms with Crippen molar-refractivity contribution < 1.29 is 17.9 Å². The number of sulfonamides is 1. The van der Waals surface area contributed by atoms with Crippen LogP contribution in [0.25, 0.3) is 0 Å². The lowest BCUT2D eigenvalue weighted by atomic mass is 9.97. The second-order valence-corrected chi connectivity index (χ2v) is 8.53. The summed E-state index contributed by atoms with van der Waals surface area (Å²) in [4.78, 5) is 12.5. The molecule has 29 heavy (non-hydrogen) atoms. The summed E-state index contributed by atoms with van der Waals surface area (Å²) in [7, 11) is -3.44. The van der Waals surface area contributed by atoms with Gasteiger partial charge in [-0.05, 0) is 30.7 Å². The molecule has 0 saturated heterocycles. The zero-order valence-corrected chi connectivity index (χ0v) is 17.6. The first-order valence-electron chi connectivity index (χ1n) is 9.52. The minimum absolute atomic E-state index is 0.0903. The number of anilines is 1. The molecule has 0 fully saturated rings. The van der Waals surface area contributed by atoms with Crippen LogP contribution in [0.1, 0.15) is 43.9 Å². The maximum absolute atomic E-state index is 12.5. The predicted octanol–water partition coefficient (Wildman–Crippen LogP) is 3.54. The number of benzene rings is 2. The van der Waals surface area contributed by atoms with Gasteiger partial charge in [0.1, 0.15) is 5.75 Å². The average molecular weight is 416 g/mol. The number of nitrogens with zero attached hydrogens (tertiary/aromatic N) is 2. The highest BCUT2D eigenvalue weighted by Crippen LogP contribution is 2.35. The molecule has 1 atom stereocenters. The lowest BCUT2D eigenvalue weighted by Gasteiger charge is -2.21. The van der Waals surface area contributed by atoms with E-state index < -0.39 is 10.0 Å². The van der Waals surface area contributed by atoms with Crippen molar-refractivity contribution in [3.8, 4) is 5.75 Å². The molecule has 1 amide bonds. The van der Waals surface area contributed by atoms with Crippen LogP contribution in [0.4, 0.5) is 5.69 Å². The number of hydrogen-bond acceptors (Lipinski definition) is 5. The Hall–Kier alpha value is -2.87. The fourth-order valence-electron chi connectivity index (χ4n) is 3.30. The molecule has 0 bridgehead atoms. The van der Waals surface area contributed by atoms with Crippen LogP contribution in [0.2, 0.25) is 0 Å². The molecule has 1 N–H and O–H groups in total. The van der Waals surface area contributed by atoms with E-state index in [0.717, 1.165) is 17.6 Å². The van der Waals surface area contributed by atoms with Crippen molar-refractivity contribution in [3.63, 3.8) is 0 Å². The third kappa shape index (κ3) is 4.95. The second-order valence-electron chi connectivity index (χ2n) is 6.78. The van der Waals surface area contributed by atoms with Crippen molar-refractivity contribution in [2.75, 3.05) is 17.6 Å². The first-order chi connectivity index (χ1) is 13.8. The first kappa shape index (κ1) is 20.9. The van der Waals surface area contributed by atoms with Crippen LogP contribution in [0.15, 0.2) is 53.6 Å². The Morgan fingerprint density at radius 1 is 1.17 bits per heavy atom. The predicted molar refractivity (Wildman–Crippen MR) is 114 cm³/mol. The van der Waals surface area contributed by atoms with Crippen molar-refractivity contribution in [1.29, 1.82) is 0 Å². The molecule has 2 aromatic carbocycles. The molecule has 1 aliphatic rings. The van der Waals surface area contributed by atoms with Gasteiger partial charge >= 0.3 is 0 Å². The van der Waals surface area contributed by atoms with Gasteiger partial charge in [0, 0.05) is 18.4 Å². The fraction of sp³-hybridized carbons (Fsp3) is 0.333. The molecule has 7 nitrogen and oxygen atoms in total. The number of amides is 1. The van der Waals surface area contributed by atoms with E-state index in [1.165, 1.54) is 5.01 Å². The monoisotopic (exact) mass is 415 g/mol. The van der Waals surface area contributed by atoms with Gasteiger partial charge in [0.25, 0.3) is 0 Å². The van der Waals surface area contributed by atoms with Crippen molar-refractivity contribution in [3.05, 3.63) is 59.7 Å². The van der Waals surface area contributed by atoms with Crippen molar-refractivity contribution in [2.45, 2.75) is 32.7 Å². The summed E-state index contributed by atoms with van der Waals surface area (Å²) in [6.07, 6.45) is 1.92. The number of hydrogen-bond donors (Lipinski definition) is 1. The van der Waals surface area contributed by atoms with E-state index in [1.807, 2.05) is 43.3 Å². The molecular formula is C21H25N3O4S. The van der Waals surface area contributed by atoms with Gasteiger partial charge in [-0.25, -0.2) is 13.4 Å². The molecule has 1 aliphatic heterocycles. The van der Waals surface area contributed by atoms with E-state index in [0.29, 0.717) is 36.4 Å². The topological polar surface area (TPSA) is 88.1 Å². The Balaban J connectivity index is 1.95. The molecule has 0 saturated carbocycles. The Bertz CT molecular complexity index is 1020. The highest BCUT2D eigenvalue weighted by atomic mass is 32.2. The number of rotatable bonds is 7. The van der Waals surface area contributed by atoms with Gasteiger partial charge in [-0.1, -0.05) is 37.3 Å². The standard InChI is InChI=1S/C21H25N3O4S/c1-4-21(25)24-20(15-10-12-16(13-11-15)28-5-2)14-19(22-24)17-8-6-7-9-18(17)23-29(3,26)27/h6-13,20,23H,4-5,14H2,1-3H3/t20-/m0/s1. The van der Waals surface area contributed by atoms with Gasteiger partial charge < -0.3 is 4.74 Å². The van der Waals surface area contributed by atoms with E-state index >= 15 is 0 Å². The van der Waals surface area contributed by atoms with Crippen LogP contribution < -0.4 is 9.46 Å². The number of carbonyl (C=O) groups excluding carboxylic acids is 1. The van der Waals surface area contributed by atoms with E-state index in [1.54, 1.807) is 19.1 Å². The van der Waals surface area contributed by atoms with Crippen LogP contribution in [0.5, 0.6) is 5.75 Å². The molecule has 8 heteroatoms. The van der Waals surface area contributed by atoms with Gasteiger partial charge in [0.05, 0.1) is 30.3 Å². The van der Waals surface area contributed by atoms with Crippen LogP contribution in [0.3, 0.4) is 0 Å². The number of nitrogens with one attached hydrogen (secondary N) is 1. The minimum Gasteiger partial charge on any atom is -0.494 e. The molecule has 1 heterocycles. The highest BCUT2D eigenvalue weighted by Gasteiger charge is 2.33. The SMILES string of the molecule is CCOc1ccc([C@@H]2CC(c3ccccc3NS(C)(=O)=O)=NN2C(=O)CC)cc1. The molecule has 0 aliphatic carbocycles. The van der Waals surface area contributed by atoms with Gasteiger partial charge in [-0.3, -0.25) is 9.52 Å². The summed E-state index contributed by atoms with van der Waals surface area (Å²) in [6, 6.07) is 14.5. The number of hydrazone groups is 1. The smallest absolute Gasteiger partial charge is 0.242 e. The first-order valence-corrected chi connectivity index (χ1v) is 11.4. The van der Waals surface area contributed by atoms with Gasteiger partial charge in [-0.15, -0.1) is 0 Å². The summed E-state index contributed by atoms with van der Waals surface area (Å²) in [6.45, 7) is 4.31. The molecule has 2 aromatic rings. The van der Waals surface area contributed by atoms with Crippen molar-refractivity contribution in [1.82, 2.24) is 5.01 Å². The van der Waals surface area contributed by atoms with Crippen LogP contribution in [-0.2, 0) is 14.8 Å². The molecular weight excluding hydrogens is 390 g/mol. The molecule has 0 unspecified atom stereocenters. The molecule has 0 radical (unpaired) electrons. The van der Waals surface area contributed by atoms with E-state index in [-0.39, 0.29) is 11.9 Å². The van der Waals surface area contributed by atoms with Crippen LogP contribution >= 0.6 is 0 Å². The van der Waals surface area contributed by atoms with Gasteiger partial charge in [0.2, 0.25) is 15.9 Å². The largest absolute Gasteiger partial charge is 0.494 e. The fourth-order valence-corrected chi connectivity index (χ4v) is 3.88. The summed E-state index contributed by atoms with van der Waals surface area (Å²) in [5, 5.41) is 6.07. The van der Waals surface area contributed by atoms with Crippen LogP contribution in [-0.4, -0.2) is 37.9 Å². The Morgan fingerprint density at radius 3 is 2.48 bits per heavy atom. The van der Waals surface area contributed by atoms with E-state index in [9.17, 15) is 13.2 Å². The Morgan fingerprint density at radius 2 is 1.86 bits per heavy atom. The summed E-state index contributed by atoms with van der Waals surface area (Å²) in [5.41, 5.74) is 2.73. The molecule has 3 rings (SSSR count). The zero-order valence-electron chi connectivity index (χ0n) is 16.8. The van der Waals surface area contributed by atoms with E-state index in [2.05, 4.69) is 9.82 Å². The maximum Gasteiger partial charge on any atom is 0.242 e. The molecule has 0 spiro atoms. The Kier molecular flexibility index (Phi) is 6.22. The summed E-state index contributed by atoms with van der Waals surface area (Å²) < 4.78 is 31.5. The average Bonchev–Trinajstić information content (AvgIpc) is 3.12.